The highest BCUT2D eigenvalue weighted by Gasteiger charge is 2.13. The van der Waals surface area contributed by atoms with E-state index in [0.717, 1.165) is 11.4 Å². The second kappa shape index (κ2) is 5.55. The smallest absolute Gasteiger partial charge is 0.111 e. The Morgan fingerprint density at radius 1 is 1.39 bits per heavy atom. The highest BCUT2D eigenvalue weighted by atomic mass is 35.5. The molecular formula is C14H17ClN2O. The Morgan fingerprint density at radius 2 is 2.17 bits per heavy atom. The predicted molar refractivity (Wildman–Crippen MR) is 72.7 cm³/mol. The van der Waals surface area contributed by atoms with E-state index in [2.05, 4.69) is 18.8 Å². The number of nitrogens with zero attached hydrogens (tertiary/aromatic N) is 2. The molecule has 1 aromatic carbocycles. The molecule has 1 aromatic heterocycles. The first kappa shape index (κ1) is 13.1. The fourth-order valence-corrected chi connectivity index (χ4v) is 2.18. The van der Waals surface area contributed by atoms with Gasteiger partial charge in [-0.2, -0.15) is 0 Å². The Kier molecular flexibility index (Phi) is 4.04. The molecule has 0 aliphatic heterocycles. The molecule has 0 radical (unpaired) electrons. The number of hydrogen-bond acceptors (Lipinski definition) is 2. The molecule has 1 unspecified atom stereocenters. The summed E-state index contributed by atoms with van der Waals surface area (Å²) in [6.45, 7) is 4.67. The maximum atomic E-state index is 10.2. The van der Waals surface area contributed by atoms with Crippen LogP contribution >= 0.6 is 11.6 Å². The van der Waals surface area contributed by atoms with E-state index in [1.807, 2.05) is 22.9 Å². The lowest BCUT2D eigenvalue weighted by molar-refractivity contribution is 0.155. The minimum absolute atomic E-state index is 0.339. The van der Waals surface area contributed by atoms with E-state index in [0.29, 0.717) is 17.5 Å². The summed E-state index contributed by atoms with van der Waals surface area (Å²) in [5.74, 6) is 1.32. The van der Waals surface area contributed by atoms with Crippen molar-refractivity contribution in [2.24, 2.45) is 0 Å². The molecule has 0 bridgehead atoms. The normalized spacial score (nSPS) is 12.9. The summed E-state index contributed by atoms with van der Waals surface area (Å²) >= 11 is 5.92. The summed E-state index contributed by atoms with van der Waals surface area (Å²) in [5.41, 5.74) is 0.825. The molecule has 0 saturated heterocycles. The van der Waals surface area contributed by atoms with Crippen molar-refractivity contribution in [3.8, 4) is 0 Å². The van der Waals surface area contributed by atoms with Crippen LogP contribution in [0.15, 0.2) is 36.7 Å². The third-order valence-corrected chi connectivity index (χ3v) is 3.10. The molecule has 0 spiro atoms. The van der Waals surface area contributed by atoms with Crippen LogP contribution in [0.2, 0.25) is 5.02 Å². The lowest BCUT2D eigenvalue weighted by Gasteiger charge is -2.15. The molecule has 0 fully saturated rings. The predicted octanol–water partition coefficient (Wildman–Crippen LogP) is 3.39. The Hall–Kier alpha value is -1.32. The van der Waals surface area contributed by atoms with E-state index in [1.165, 1.54) is 0 Å². The SMILES string of the molecule is CC(C)c1nccn1CC(O)c1cccc(Cl)c1. The second-order valence-corrected chi connectivity index (χ2v) is 5.10. The van der Waals surface area contributed by atoms with Gasteiger partial charge in [-0.25, -0.2) is 4.98 Å². The van der Waals surface area contributed by atoms with Crippen LogP contribution in [0.25, 0.3) is 0 Å². The van der Waals surface area contributed by atoms with E-state index in [1.54, 1.807) is 18.3 Å². The Labute approximate surface area is 112 Å². The van der Waals surface area contributed by atoms with Gasteiger partial charge in [-0.05, 0) is 17.7 Å². The molecule has 2 aromatic rings. The van der Waals surface area contributed by atoms with E-state index in [-0.39, 0.29) is 0 Å². The molecule has 96 valence electrons. The molecule has 3 nitrogen and oxygen atoms in total. The minimum Gasteiger partial charge on any atom is -0.387 e. The quantitative estimate of drug-likeness (QED) is 0.919. The van der Waals surface area contributed by atoms with Crippen LogP contribution < -0.4 is 0 Å². The molecule has 18 heavy (non-hydrogen) atoms. The molecule has 0 aliphatic rings. The van der Waals surface area contributed by atoms with Crippen molar-refractivity contribution in [1.29, 1.82) is 0 Å². The minimum atomic E-state index is -0.574. The van der Waals surface area contributed by atoms with Crippen molar-refractivity contribution in [2.45, 2.75) is 32.4 Å². The molecule has 2 rings (SSSR count). The number of benzene rings is 1. The molecule has 1 N–H and O–H groups in total. The zero-order valence-electron chi connectivity index (χ0n) is 10.5. The maximum absolute atomic E-state index is 10.2. The summed E-state index contributed by atoms with van der Waals surface area (Å²) in [5, 5.41) is 10.9. The molecule has 0 amide bonds. The van der Waals surface area contributed by atoms with Crippen molar-refractivity contribution in [3.63, 3.8) is 0 Å². The van der Waals surface area contributed by atoms with Gasteiger partial charge in [0, 0.05) is 23.3 Å². The van der Waals surface area contributed by atoms with E-state index >= 15 is 0 Å². The van der Waals surface area contributed by atoms with Gasteiger partial charge < -0.3 is 9.67 Å². The van der Waals surface area contributed by atoms with Crippen LogP contribution in [0.3, 0.4) is 0 Å². The van der Waals surface area contributed by atoms with E-state index < -0.39 is 6.10 Å². The topological polar surface area (TPSA) is 38.0 Å². The van der Waals surface area contributed by atoms with Gasteiger partial charge in [0.25, 0.3) is 0 Å². The highest BCUT2D eigenvalue weighted by Crippen LogP contribution is 2.21. The fourth-order valence-electron chi connectivity index (χ4n) is 1.98. The third-order valence-electron chi connectivity index (χ3n) is 2.87. The van der Waals surface area contributed by atoms with Gasteiger partial charge in [0.1, 0.15) is 5.82 Å². The van der Waals surface area contributed by atoms with Crippen LogP contribution in [0.4, 0.5) is 0 Å². The Balaban J connectivity index is 2.16. The largest absolute Gasteiger partial charge is 0.387 e. The van der Waals surface area contributed by atoms with Crippen LogP contribution in [0.5, 0.6) is 0 Å². The highest BCUT2D eigenvalue weighted by molar-refractivity contribution is 6.30. The van der Waals surface area contributed by atoms with Crippen molar-refractivity contribution in [2.75, 3.05) is 0 Å². The number of aliphatic hydroxyl groups is 1. The molecule has 4 heteroatoms. The van der Waals surface area contributed by atoms with Gasteiger partial charge in [0.05, 0.1) is 12.6 Å². The van der Waals surface area contributed by atoms with Gasteiger partial charge in [-0.3, -0.25) is 0 Å². The van der Waals surface area contributed by atoms with Crippen molar-refractivity contribution >= 4 is 11.6 Å². The van der Waals surface area contributed by atoms with Crippen molar-refractivity contribution < 1.29 is 5.11 Å². The lowest BCUT2D eigenvalue weighted by Crippen LogP contribution is -2.11. The van der Waals surface area contributed by atoms with Gasteiger partial charge in [0.15, 0.2) is 0 Å². The number of rotatable bonds is 4. The zero-order valence-corrected chi connectivity index (χ0v) is 11.3. The first-order valence-corrected chi connectivity index (χ1v) is 6.40. The molecule has 0 aliphatic carbocycles. The summed E-state index contributed by atoms with van der Waals surface area (Å²) in [6.07, 6.45) is 3.08. The standard InChI is InChI=1S/C14H17ClN2O/c1-10(2)14-16-6-7-17(14)9-13(18)11-4-3-5-12(15)8-11/h3-8,10,13,18H,9H2,1-2H3. The first-order valence-electron chi connectivity index (χ1n) is 6.02. The summed E-state index contributed by atoms with van der Waals surface area (Å²) in [6, 6.07) is 7.31. The molecular weight excluding hydrogens is 248 g/mol. The average Bonchev–Trinajstić information content (AvgIpc) is 2.77. The van der Waals surface area contributed by atoms with Gasteiger partial charge >= 0.3 is 0 Å². The van der Waals surface area contributed by atoms with Crippen LogP contribution in [-0.2, 0) is 6.54 Å². The summed E-state index contributed by atoms with van der Waals surface area (Å²) < 4.78 is 1.98. The number of imidazole rings is 1. The number of halogens is 1. The number of aromatic nitrogens is 2. The van der Waals surface area contributed by atoms with Crippen molar-refractivity contribution in [1.82, 2.24) is 9.55 Å². The van der Waals surface area contributed by atoms with Crippen molar-refractivity contribution in [3.05, 3.63) is 53.1 Å². The summed E-state index contributed by atoms with van der Waals surface area (Å²) in [7, 11) is 0. The Morgan fingerprint density at radius 3 is 2.83 bits per heavy atom. The number of aliphatic hydroxyl groups excluding tert-OH is 1. The van der Waals surface area contributed by atoms with Crippen LogP contribution in [-0.4, -0.2) is 14.7 Å². The maximum Gasteiger partial charge on any atom is 0.111 e. The molecule has 0 saturated carbocycles. The zero-order chi connectivity index (χ0) is 13.1. The number of hydrogen-bond donors (Lipinski definition) is 1. The van der Waals surface area contributed by atoms with Gasteiger partial charge in [0.2, 0.25) is 0 Å². The van der Waals surface area contributed by atoms with E-state index in [4.69, 9.17) is 11.6 Å². The fraction of sp³-hybridized carbons (Fsp3) is 0.357. The van der Waals surface area contributed by atoms with Crippen LogP contribution in [0.1, 0.15) is 37.3 Å². The molecule has 1 heterocycles. The third kappa shape index (κ3) is 2.92. The van der Waals surface area contributed by atoms with Crippen LogP contribution in [0, 0.1) is 0 Å². The first-order chi connectivity index (χ1) is 8.58. The average molecular weight is 265 g/mol. The van der Waals surface area contributed by atoms with E-state index in [9.17, 15) is 5.11 Å². The lowest BCUT2D eigenvalue weighted by atomic mass is 10.1. The van der Waals surface area contributed by atoms with Gasteiger partial charge in [-0.15, -0.1) is 0 Å². The Bertz CT molecular complexity index is 522. The molecule has 1 atom stereocenters. The second-order valence-electron chi connectivity index (χ2n) is 4.66. The van der Waals surface area contributed by atoms with Gasteiger partial charge in [-0.1, -0.05) is 37.6 Å². The summed E-state index contributed by atoms with van der Waals surface area (Å²) in [4.78, 5) is 4.31. The monoisotopic (exact) mass is 264 g/mol.